The van der Waals surface area contributed by atoms with E-state index in [9.17, 15) is 14.7 Å². The van der Waals surface area contributed by atoms with E-state index in [1.807, 2.05) is 26.8 Å². The summed E-state index contributed by atoms with van der Waals surface area (Å²) >= 11 is 0. The van der Waals surface area contributed by atoms with Gasteiger partial charge >= 0.3 is 12.1 Å². The van der Waals surface area contributed by atoms with Gasteiger partial charge in [0.25, 0.3) is 0 Å². The van der Waals surface area contributed by atoms with E-state index in [2.05, 4.69) is 14.8 Å². The molecule has 2 heterocycles. The van der Waals surface area contributed by atoms with Crippen LogP contribution < -0.4 is 4.90 Å². The molecule has 1 aromatic rings. The van der Waals surface area contributed by atoms with Crippen molar-refractivity contribution in [1.29, 1.82) is 0 Å². The maximum Gasteiger partial charge on any atom is 0.407 e. The van der Waals surface area contributed by atoms with Gasteiger partial charge in [-0.15, -0.1) is 0 Å². The number of carbonyl (C=O) groups is 2. The Morgan fingerprint density at radius 3 is 2.75 bits per heavy atom. The van der Waals surface area contributed by atoms with Crippen LogP contribution in [0.25, 0.3) is 0 Å². The lowest BCUT2D eigenvalue weighted by atomic mass is 10.0. The van der Waals surface area contributed by atoms with Crippen LogP contribution in [0.2, 0.25) is 0 Å². The lowest BCUT2D eigenvalue weighted by Gasteiger charge is -2.42. The van der Waals surface area contributed by atoms with Crippen LogP contribution in [0, 0.1) is 5.92 Å². The van der Waals surface area contributed by atoms with Crippen LogP contribution in [0.5, 0.6) is 0 Å². The molecule has 0 radical (unpaired) electrons. The molecule has 0 saturated carbocycles. The number of ether oxygens (including phenoxy) is 1. The molecule has 8 heteroatoms. The van der Waals surface area contributed by atoms with Crippen LogP contribution >= 0.6 is 0 Å². The van der Waals surface area contributed by atoms with Crippen molar-refractivity contribution >= 4 is 17.9 Å². The summed E-state index contributed by atoms with van der Waals surface area (Å²) in [5.74, 6) is 1.27. The summed E-state index contributed by atoms with van der Waals surface area (Å²) < 4.78 is 10.1. The molecular formula is C16H25N3O5. The van der Waals surface area contributed by atoms with Gasteiger partial charge in [0.1, 0.15) is 5.76 Å². The Morgan fingerprint density at radius 1 is 1.42 bits per heavy atom. The van der Waals surface area contributed by atoms with E-state index >= 15 is 0 Å². The van der Waals surface area contributed by atoms with Crippen LogP contribution in [0.3, 0.4) is 0 Å². The average Bonchev–Trinajstić information content (AvgIpc) is 2.96. The quantitative estimate of drug-likeness (QED) is 0.820. The highest BCUT2D eigenvalue weighted by molar-refractivity contribution is 5.69. The van der Waals surface area contributed by atoms with E-state index in [0.29, 0.717) is 37.5 Å². The number of esters is 1. The molecule has 2 rings (SSSR count). The lowest BCUT2D eigenvalue weighted by Crippen LogP contribution is -2.58. The van der Waals surface area contributed by atoms with E-state index in [0.717, 1.165) is 0 Å². The Kier molecular flexibility index (Phi) is 5.69. The van der Waals surface area contributed by atoms with Gasteiger partial charge < -0.3 is 24.2 Å². The fourth-order valence-corrected chi connectivity index (χ4v) is 3.03. The highest BCUT2D eigenvalue weighted by Gasteiger charge is 2.33. The maximum absolute atomic E-state index is 11.3. The Labute approximate surface area is 141 Å². The van der Waals surface area contributed by atoms with Crippen molar-refractivity contribution in [3.63, 3.8) is 0 Å². The number of hydrogen-bond donors (Lipinski definition) is 1. The molecule has 3 atom stereocenters. The van der Waals surface area contributed by atoms with E-state index < -0.39 is 6.09 Å². The number of nitrogens with zero attached hydrogens (tertiary/aromatic N) is 3. The zero-order valence-corrected chi connectivity index (χ0v) is 14.6. The van der Waals surface area contributed by atoms with Crippen LogP contribution in [-0.2, 0) is 16.0 Å². The highest BCUT2D eigenvalue weighted by Crippen LogP contribution is 2.24. The third-order valence-corrected chi connectivity index (χ3v) is 4.36. The molecule has 1 N–H and O–H groups in total. The SMILES string of the molecule is COC(=O)C[C@@H](C)Cc1cc(N2C[C@@H](C)N(C(=O)O)C[C@@H]2C)no1. The molecule has 0 unspecified atom stereocenters. The number of aromatic nitrogens is 1. The van der Waals surface area contributed by atoms with Crippen molar-refractivity contribution in [1.82, 2.24) is 10.1 Å². The first-order valence-electron chi connectivity index (χ1n) is 8.10. The summed E-state index contributed by atoms with van der Waals surface area (Å²) in [4.78, 5) is 26.0. The van der Waals surface area contributed by atoms with Crippen molar-refractivity contribution in [2.24, 2.45) is 5.92 Å². The molecule has 1 aliphatic heterocycles. The Bertz CT molecular complexity index is 588. The van der Waals surface area contributed by atoms with E-state index in [1.54, 1.807) is 0 Å². The number of carboxylic acid groups (broad SMARTS) is 1. The number of hydrogen-bond acceptors (Lipinski definition) is 6. The van der Waals surface area contributed by atoms with Crippen molar-refractivity contribution in [3.05, 3.63) is 11.8 Å². The summed E-state index contributed by atoms with van der Waals surface area (Å²) in [5.41, 5.74) is 0. The second-order valence-corrected chi connectivity index (χ2v) is 6.53. The van der Waals surface area contributed by atoms with Gasteiger partial charge in [-0.2, -0.15) is 0 Å². The molecule has 134 valence electrons. The van der Waals surface area contributed by atoms with Gasteiger partial charge in [-0.1, -0.05) is 12.1 Å². The summed E-state index contributed by atoms with van der Waals surface area (Å²) in [7, 11) is 1.38. The second-order valence-electron chi connectivity index (χ2n) is 6.53. The minimum absolute atomic E-state index is 0.0164. The van der Waals surface area contributed by atoms with Crippen LogP contribution in [0.15, 0.2) is 10.6 Å². The minimum atomic E-state index is -0.897. The summed E-state index contributed by atoms with van der Waals surface area (Å²) in [5, 5.41) is 13.3. The second kappa shape index (κ2) is 7.55. The van der Waals surface area contributed by atoms with Gasteiger partial charge in [-0.05, 0) is 19.8 Å². The normalized spacial score (nSPS) is 22.3. The zero-order valence-electron chi connectivity index (χ0n) is 14.6. The van der Waals surface area contributed by atoms with Crippen LogP contribution in [0.4, 0.5) is 10.6 Å². The third-order valence-electron chi connectivity index (χ3n) is 4.36. The first-order valence-corrected chi connectivity index (χ1v) is 8.10. The largest absolute Gasteiger partial charge is 0.469 e. The smallest absolute Gasteiger partial charge is 0.407 e. The Hall–Kier alpha value is -2.25. The van der Waals surface area contributed by atoms with E-state index in [1.165, 1.54) is 12.0 Å². The Balaban J connectivity index is 2.00. The van der Waals surface area contributed by atoms with Gasteiger partial charge in [0.15, 0.2) is 5.82 Å². The first-order chi connectivity index (χ1) is 11.3. The summed E-state index contributed by atoms with van der Waals surface area (Å²) in [6.45, 7) is 6.80. The predicted molar refractivity (Wildman–Crippen MR) is 87.0 cm³/mol. The molecule has 0 aliphatic carbocycles. The number of piperazine rings is 1. The highest BCUT2D eigenvalue weighted by atomic mass is 16.5. The molecule has 0 spiro atoms. The number of amides is 1. The maximum atomic E-state index is 11.3. The number of carbonyl (C=O) groups excluding carboxylic acids is 1. The third kappa shape index (κ3) is 4.18. The van der Waals surface area contributed by atoms with Crippen molar-refractivity contribution in [2.75, 3.05) is 25.1 Å². The molecule has 8 nitrogen and oxygen atoms in total. The topological polar surface area (TPSA) is 96.1 Å². The average molecular weight is 339 g/mol. The fraction of sp³-hybridized carbons (Fsp3) is 0.688. The van der Waals surface area contributed by atoms with Crippen molar-refractivity contribution < 1.29 is 24.0 Å². The lowest BCUT2D eigenvalue weighted by molar-refractivity contribution is -0.141. The number of rotatable bonds is 5. The molecule has 1 saturated heterocycles. The summed E-state index contributed by atoms with van der Waals surface area (Å²) in [6, 6.07) is 1.77. The molecule has 1 aromatic heterocycles. The summed E-state index contributed by atoms with van der Waals surface area (Å²) in [6.07, 6.45) is 0.0322. The number of anilines is 1. The molecule has 0 aromatic carbocycles. The van der Waals surface area contributed by atoms with Gasteiger partial charge in [0.2, 0.25) is 0 Å². The minimum Gasteiger partial charge on any atom is -0.469 e. The van der Waals surface area contributed by atoms with Crippen molar-refractivity contribution in [2.45, 2.75) is 45.7 Å². The van der Waals surface area contributed by atoms with E-state index in [4.69, 9.17) is 4.52 Å². The molecule has 1 fully saturated rings. The van der Waals surface area contributed by atoms with Gasteiger partial charge in [0, 0.05) is 44.1 Å². The zero-order chi connectivity index (χ0) is 17.9. The Morgan fingerprint density at radius 2 is 2.12 bits per heavy atom. The first kappa shape index (κ1) is 18.1. The molecule has 1 amide bonds. The molecular weight excluding hydrogens is 314 g/mol. The molecule has 24 heavy (non-hydrogen) atoms. The monoisotopic (exact) mass is 339 g/mol. The van der Waals surface area contributed by atoms with Crippen molar-refractivity contribution in [3.8, 4) is 0 Å². The van der Waals surface area contributed by atoms with Gasteiger partial charge in [-0.25, -0.2) is 4.79 Å². The number of methoxy groups -OCH3 is 1. The van der Waals surface area contributed by atoms with Crippen LogP contribution in [0.1, 0.15) is 33.0 Å². The predicted octanol–water partition coefficient (Wildman–Crippen LogP) is 1.99. The van der Waals surface area contributed by atoms with Gasteiger partial charge in [-0.3, -0.25) is 4.79 Å². The van der Waals surface area contributed by atoms with Gasteiger partial charge in [0.05, 0.1) is 7.11 Å². The van der Waals surface area contributed by atoms with Crippen LogP contribution in [-0.4, -0.2) is 59.5 Å². The standard InChI is InChI=1S/C16H25N3O5/c1-10(6-15(20)23-4)5-13-7-14(17-24-13)18-8-12(3)19(16(21)22)9-11(18)2/h7,10-12H,5-6,8-9H2,1-4H3,(H,21,22)/t10-,11-,12+/m0/s1. The molecule has 1 aliphatic rings. The fourth-order valence-electron chi connectivity index (χ4n) is 3.03. The van der Waals surface area contributed by atoms with E-state index in [-0.39, 0.29) is 24.0 Å². The molecule has 0 bridgehead atoms.